The molecule has 0 saturated heterocycles. The second-order valence-corrected chi connectivity index (χ2v) is 7.99. The average molecular weight is 278 g/mol. The molecule has 1 N–H and O–H groups in total. The molecule has 1 aromatic carbocycles. The van der Waals surface area contributed by atoms with Crippen LogP contribution in [-0.4, -0.2) is 39.3 Å². The number of rotatable bonds is 4. The van der Waals surface area contributed by atoms with Crippen molar-refractivity contribution in [3.63, 3.8) is 0 Å². The van der Waals surface area contributed by atoms with Crippen LogP contribution in [0.2, 0.25) is 0 Å². The number of aromatic carboxylic acids is 1. The molecule has 0 aliphatic carbocycles. The van der Waals surface area contributed by atoms with Gasteiger partial charge in [-0.3, -0.25) is 0 Å². The Bertz CT molecular complexity index is 642. The molecule has 1 aromatic rings. The van der Waals surface area contributed by atoms with E-state index < -0.39 is 30.7 Å². The van der Waals surface area contributed by atoms with Crippen LogP contribution in [0.1, 0.15) is 10.4 Å². The third kappa shape index (κ3) is 3.82. The third-order valence-electron chi connectivity index (χ3n) is 1.81. The minimum Gasteiger partial charge on any atom is -0.478 e. The smallest absolute Gasteiger partial charge is 0.335 e. The summed E-state index contributed by atoms with van der Waals surface area (Å²) in [4.78, 5) is 10.3. The molecular formula is C9H10O6S2. The van der Waals surface area contributed by atoms with Crippen molar-refractivity contribution in [3.8, 4) is 0 Å². The summed E-state index contributed by atoms with van der Waals surface area (Å²) in [5.74, 6) is -1.28. The van der Waals surface area contributed by atoms with Crippen molar-refractivity contribution in [2.75, 3.05) is 11.3 Å². The lowest BCUT2D eigenvalue weighted by Crippen LogP contribution is -2.15. The zero-order valence-corrected chi connectivity index (χ0v) is 10.5. The highest BCUT2D eigenvalue weighted by Crippen LogP contribution is 2.14. The normalized spacial score (nSPS) is 12.3. The minimum atomic E-state index is -4.03. The lowest BCUT2D eigenvalue weighted by Gasteiger charge is -2.03. The van der Waals surface area contributed by atoms with Crippen molar-refractivity contribution in [2.45, 2.75) is 4.90 Å². The van der Waals surface area contributed by atoms with Gasteiger partial charge in [0.2, 0.25) is 0 Å². The van der Waals surface area contributed by atoms with Gasteiger partial charge in [-0.2, -0.15) is 0 Å². The second kappa shape index (κ2) is 4.46. The van der Waals surface area contributed by atoms with Gasteiger partial charge in [-0.05, 0) is 18.2 Å². The van der Waals surface area contributed by atoms with Crippen LogP contribution in [0.25, 0.3) is 0 Å². The first-order valence-electron chi connectivity index (χ1n) is 4.36. The summed E-state index contributed by atoms with van der Waals surface area (Å²) in [5.41, 5.74) is -0.209. The van der Waals surface area contributed by atoms with Gasteiger partial charge in [0.1, 0.15) is 0 Å². The molecule has 0 radical (unpaired) electrons. The third-order valence-corrected chi connectivity index (χ3v) is 5.74. The van der Waals surface area contributed by atoms with Crippen LogP contribution in [-0.2, 0) is 19.7 Å². The summed E-state index contributed by atoms with van der Waals surface area (Å²) in [6.07, 6.45) is 0.797. The SMILES string of the molecule is CS(=O)(=O)CS(=O)(=O)c1cccc(C(=O)O)c1. The lowest BCUT2D eigenvalue weighted by molar-refractivity contribution is 0.0696. The minimum absolute atomic E-state index is 0.209. The number of benzene rings is 1. The Morgan fingerprint density at radius 3 is 2.29 bits per heavy atom. The molecule has 0 fully saturated rings. The van der Waals surface area contributed by atoms with Crippen LogP contribution in [0.15, 0.2) is 29.2 Å². The molecule has 0 heterocycles. The van der Waals surface area contributed by atoms with E-state index >= 15 is 0 Å². The predicted octanol–water partition coefficient (Wildman–Crippen LogP) is 0.161. The molecule has 8 heteroatoms. The fraction of sp³-hybridized carbons (Fsp3) is 0.222. The summed E-state index contributed by atoms with van der Waals surface area (Å²) < 4.78 is 45.2. The Labute approximate surface area is 98.7 Å². The van der Waals surface area contributed by atoms with E-state index in [-0.39, 0.29) is 10.5 Å². The largest absolute Gasteiger partial charge is 0.478 e. The van der Waals surface area contributed by atoms with E-state index in [0.717, 1.165) is 18.4 Å². The van der Waals surface area contributed by atoms with Crippen LogP contribution in [0.5, 0.6) is 0 Å². The van der Waals surface area contributed by atoms with Crippen molar-refractivity contribution in [2.24, 2.45) is 0 Å². The number of carbonyl (C=O) groups is 1. The molecule has 0 atom stereocenters. The van der Waals surface area contributed by atoms with Gasteiger partial charge in [-0.25, -0.2) is 21.6 Å². The van der Waals surface area contributed by atoms with Gasteiger partial charge in [0.25, 0.3) is 0 Å². The lowest BCUT2D eigenvalue weighted by atomic mass is 10.2. The Balaban J connectivity index is 3.25. The van der Waals surface area contributed by atoms with Gasteiger partial charge in [-0.15, -0.1) is 0 Å². The van der Waals surface area contributed by atoms with Gasteiger partial charge < -0.3 is 5.11 Å². The van der Waals surface area contributed by atoms with Crippen molar-refractivity contribution < 1.29 is 26.7 Å². The number of hydrogen-bond acceptors (Lipinski definition) is 5. The molecule has 0 aliphatic rings. The summed E-state index contributed by atoms with van der Waals surface area (Å²) in [6, 6.07) is 4.57. The number of carboxylic acid groups (broad SMARTS) is 1. The maximum atomic E-state index is 11.7. The monoisotopic (exact) mass is 278 g/mol. The number of sulfone groups is 2. The predicted molar refractivity (Wildman–Crippen MR) is 60.3 cm³/mol. The molecule has 0 bridgehead atoms. The fourth-order valence-electron chi connectivity index (χ4n) is 1.17. The van der Waals surface area contributed by atoms with E-state index in [4.69, 9.17) is 5.11 Å². The number of carboxylic acids is 1. The van der Waals surface area contributed by atoms with Crippen LogP contribution in [0, 0.1) is 0 Å². The highest BCUT2D eigenvalue weighted by molar-refractivity contribution is 8.07. The van der Waals surface area contributed by atoms with E-state index in [1.54, 1.807) is 0 Å². The molecule has 0 aliphatic heterocycles. The van der Waals surface area contributed by atoms with E-state index in [2.05, 4.69) is 0 Å². The first kappa shape index (κ1) is 13.7. The van der Waals surface area contributed by atoms with E-state index in [1.165, 1.54) is 12.1 Å². The van der Waals surface area contributed by atoms with Gasteiger partial charge in [0.15, 0.2) is 24.8 Å². The average Bonchev–Trinajstić information content (AvgIpc) is 2.14. The van der Waals surface area contributed by atoms with E-state index in [1.807, 2.05) is 0 Å². The highest BCUT2D eigenvalue weighted by atomic mass is 32.3. The Hall–Kier alpha value is -1.41. The molecule has 17 heavy (non-hydrogen) atoms. The highest BCUT2D eigenvalue weighted by Gasteiger charge is 2.21. The summed E-state index contributed by atoms with van der Waals surface area (Å²) >= 11 is 0. The quantitative estimate of drug-likeness (QED) is 0.841. The first-order chi connectivity index (χ1) is 7.62. The van der Waals surface area contributed by atoms with Crippen molar-refractivity contribution in [3.05, 3.63) is 29.8 Å². The fourth-order valence-corrected chi connectivity index (χ4v) is 4.56. The van der Waals surface area contributed by atoms with Crippen LogP contribution >= 0.6 is 0 Å². The molecule has 6 nitrogen and oxygen atoms in total. The first-order valence-corrected chi connectivity index (χ1v) is 8.07. The van der Waals surface area contributed by atoms with Crippen LogP contribution in [0.4, 0.5) is 0 Å². The standard InChI is InChI=1S/C9H10O6S2/c1-16(12,13)6-17(14,15)8-4-2-3-7(5-8)9(10)11/h2-5H,6H2,1H3,(H,10,11). The van der Waals surface area contributed by atoms with Gasteiger partial charge >= 0.3 is 5.97 Å². The maximum Gasteiger partial charge on any atom is 0.335 e. The zero-order valence-electron chi connectivity index (χ0n) is 8.82. The second-order valence-electron chi connectivity index (χ2n) is 3.49. The zero-order chi connectivity index (χ0) is 13.3. The van der Waals surface area contributed by atoms with Crippen LogP contribution in [0.3, 0.4) is 0 Å². The Morgan fingerprint density at radius 2 is 1.82 bits per heavy atom. The van der Waals surface area contributed by atoms with Crippen LogP contribution < -0.4 is 0 Å². The summed E-state index contributed by atoms with van der Waals surface area (Å²) in [6.45, 7) is 0. The summed E-state index contributed by atoms with van der Waals surface area (Å²) in [5, 5.41) is 7.66. The molecule has 0 amide bonds. The van der Waals surface area contributed by atoms with E-state index in [0.29, 0.717) is 0 Å². The van der Waals surface area contributed by atoms with Gasteiger partial charge in [0, 0.05) is 6.26 Å². The molecule has 0 aromatic heterocycles. The van der Waals surface area contributed by atoms with Crippen molar-refractivity contribution in [1.82, 2.24) is 0 Å². The molecule has 0 spiro atoms. The van der Waals surface area contributed by atoms with Crippen molar-refractivity contribution >= 4 is 25.6 Å². The summed E-state index contributed by atoms with van der Waals surface area (Å²) in [7, 11) is -7.72. The number of hydrogen-bond donors (Lipinski definition) is 1. The van der Waals surface area contributed by atoms with E-state index in [9.17, 15) is 21.6 Å². The Kier molecular flexibility index (Phi) is 3.58. The molecule has 94 valence electrons. The molecular weight excluding hydrogens is 268 g/mol. The maximum absolute atomic E-state index is 11.7. The van der Waals surface area contributed by atoms with Crippen molar-refractivity contribution in [1.29, 1.82) is 0 Å². The molecule has 0 saturated carbocycles. The molecule has 1 rings (SSSR count). The van der Waals surface area contributed by atoms with Gasteiger partial charge in [-0.1, -0.05) is 6.07 Å². The molecule has 0 unspecified atom stereocenters. The topological polar surface area (TPSA) is 106 Å². The Morgan fingerprint density at radius 1 is 1.24 bits per heavy atom. The van der Waals surface area contributed by atoms with Gasteiger partial charge in [0.05, 0.1) is 10.5 Å².